The average Bonchev–Trinajstić information content (AvgIpc) is 3.09. The van der Waals surface area contributed by atoms with Gasteiger partial charge in [0.15, 0.2) is 5.60 Å². The van der Waals surface area contributed by atoms with Crippen molar-refractivity contribution in [2.75, 3.05) is 19.6 Å². The van der Waals surface area contributed by atoms with E-state index in [2.05, 4.69) is 28.9 Å². The number of aliphatic hydroxyl groups is 1. The Balaban J connectivity index is 1.80. The number of hydrogen-bond donors (Lipinski definition) is 1. The monoisotopic (exact) mass is 305 g/mol. The van der Waals surface area contributed by atoms with Crippen molar-refractivity contribution in [3.63, 3.8) is 0 Å². The molecular formula is C21H23NO. The first kappa shape index (κ1) is 15.8. The van der Waals surface area contributed by atoms with Crippen LogP contribution in [0.2, 0.25) is 0 Å². The van der Waals surface area contributed by atoms with Gasteiger partial charge in [-0.05, 0) is 37.1 Å². The third-order valence-electron chi connectivity index (χ3n) is 4.33. The molecule has 0 amide bonds. The van der Waals surface area contributed by atoms with Gasteiger partial charge < -0.3 is 5.11 Å². The lowest BCUT2D eigenvalue weighted by Crippen LogP contribution is -2.38. The van der Waals surface area contributed by atoms with Crippen LogP contribution in [-0.4, -0.2) is 29.6 Å². The van der Waals surface area contributed by atoms with Crippen molar-refractivity contribution in [3.05, 3.63) is 71.8 Å². The van der Waals surface area contributed by atoms with E-state index in [1.54, 1.807) is 0 Å². The second-order valence-corrected chi connectivity index (χ2v) is 6.17. The van der Waals surface area contributed by atoms with Crippen molar-refractivity contribution in [1.29, 1.82) is 0 Å². The average molecular weight is 305 g/mol. The van der Waals surface area contributed by atoms with Crippen LogP contribution in [0, 0.1) is 11.8 Å². The fraction of sp³-hybridized carbons (Fsp3) is 0.333. The minimum atomic E-state index is -1.10. The minimum Gasteiger partial charge on any atom is -0.372 e. The van der Waals surface area contributed by atoms with Crippen molar-refractivity contribution >= 4 is 0 Å². The van der Waals surface area contributed by atoms with E-state index >= 15 is 0 Å². The van der Waals surface area contributed by atoms with Gasteiger partial charge in [0.2, 0.25) is 0 Å². The third kappa shape index (κ3) is 4.22. The zero-order valence-corrected chi connectivity index (χ0v) is 13.4. The predicted molar refractivity (Wildman–Crippen MR) is 93.9 cm³/mol. The summed E-state index contributed by atoms with van der Waals surface area (Å²) in [5.41, 5.74) is 0.962. The third-order valence-corrected chi connectivity index (χ3v) is 4.33. The lowest BCUT2D eigenvalue weighted by atomic mass is 9.93. The fourth-order valence-electron chi connectivity index (χ4n) is 3.07. The van der Waals surface area contributed by atoms with Crippen LogP contribution in [0.25, 0.3) is 0 Å². The molecule has 1 unspecified atom stereocenters. The van der Waals surface area contributed by atoms with E-state index in [1.807, 2.05) is 48.5 Å². The molecule has 0 bridgehead atoms. The largest absolute Gasteiger partial charge is 0.372 e. The quantitative estimate of drug-likeness (QED) is 0.877. The molecule has 1 fully saturated rings. The summed E-state index contributed by atoms with van der Waals surface area (Å²) in [7, 11) is 0. The topological polar surface area (TPSA) is 23.5 Å². The van der Waals surface area contributed by atoms with Crippen LogP contribution < -0.4 is 0 Å². The second-order valence-electron chi connectivity index (χ2n) is 6.17. The maximum atomic E-state index is 11.2. The molecule has 2 aromatic rings. The highest BCUT2D eigenvalue weighted by Crippen LogP contribution is 2.23. The molecule has 2 nitrogen and oxygen atoms in total. The van der Waals surface area contributed by atoms with Crippen LogP contribution in [-0.2, 0) is 12.0 Å². The lowest BCUT2D eigenvalue weighted by molar-refractivity contribution is 0.0599. The first-order chi connectivity index (χ1) is 11.3. The van der Waals surface area contributed by atoms with Crippen molar-refractivity contribution < 1.29 is 5.11 Å². The molecule has 1 aliphatic heterocycles. The summed E-state index contributed by atoms with van der Waals surface area (Å²) in [5, 5.41) is 11.2. The zero-order valence-electron chi connectivity index (χ0n) is 13.4. The van der Waals surface area contributed by atoms with E-state index in [4.69, 9.17) is 0 Å². The molecule has 3 rings (SSSR count). The highest BCUT2D eigenvalue weighted by molar-refractivity contribution is 5.33. The summed E-state index contributed by atoms with van der Waals surface area (Å²) in [6.07, 6.45) is 3.08. The van der Waals surface area contributed by atoms with E-state index in [-0.39, 0.29) is 0 Å². The van der Waals surface area contributed by atoms with E-state index in [0.29, 0.717) is 13.0 Å². The van der Waals surface area contributed by atoms with E-state index in [9.17, 15) is 5.11 Å². The summed E-state index contributed by atoms with van der Waals surface area (Å²) in [6, 6.07) is 20.0. The van der Waals surface area contributed by atoms with Crippen molar-refractivity contribution in [1.82, 2.24) is 4.90 Å². The van der Waals surface area contributed by atoms with Crippen LogP contribution in [0.4, 0.5) is 0 Å². The van der Waals surface area contributed by atoms with Crippen LogP contribution in [0.1, 0.15) is 24.0 Å². The fourth-order valence-corrected chi connectivity index (χ4v) is 3.07. The summed E-state index contributed by atoms with van der Waals surface area (Å²) in [5.74, 6) is 6.34. The molecule has 2 heteroatoms. The second kappa shape index (κ2) is 7.46. The number of rotatable bonds is 4. The summed E-state index contributed by atoms with van der Waals surface area (Å²) >= 11 is 0. The van der Waals surface area contributed by atoms with Gasteiger partial charge in [-0.3, -0.25) is 4.90 Å². The Bertz CT molecular complexity index is 665. The Morgan fingerprint density at radius 1 is 0.913 bits per heavy atom. The summed E-state index contributed by atoms with van der Waals surface area (Å²) in [6.45, 7) is 2.68. The maximum Gasteiger partial charge on any atom is 0.163 e. The maximum absolute atomic E-state index is 11.2. The molecule has 118 valence electrons. The molecule has 0 radical (unpaired) electrons. The molecule has 1 N–H and O–H groups in total. The first-order valence-electron chi connectivity index (χ1n) is 8.30. The molecule has 1 heterocycles. The number of hydrogen-bond acceptors (Lipinski definition) is 2. The van der Waals surface area contributed by atoms with Crippen LogP contribution in [0.5, 0.6) is 0 Å². The summed E-state index contributed by atoms with van der Waals surface area (Å²) < 4.78 is 0. The molecule has 0 aliphatic carbocycles. The van der Waals surface area contributed by atoms with E-state index in [0.717, 1.165) is 18.7 Å². The van der Waals surface area contributed by atoms with Crippen molar-refractivity contribution in [2.45, 2.75) is 24.9 Å². The molecule has 2 aromatic carbocycles. The number of likely N-dealkylation sites (tertiary alicyclic amines) is 1. The Morgan fingerprint density at radius 2 is 1.52 bits per heavy atom. The molecule has 0 aromatic heterocycles. The molecule has 1 atom stereocenters. The molecule has 0 spiro atoms. The van der Waals surface area contributed by atoms with Crippen molar-refractivity contribution in [3.8, 4) is 11.8 Å². The van der Waals surface area contributed by atoms with Gasteiger partial charge in [0, 0.05) is 13.0 Å². The zero-order chi connectivity index (χ0) is 16.0. The van der Waals surface area contributed by atoms with Crippen LogP contribution >= 0.6 is 0 Å². The first-order valence-corrected chi connectivity index (χ1v) is 8.30. The van der Waals surface area contributed by atoms with Gasteiger partial charge >= 0.3 is 0 Å². The van der Waals surface area contributed by atoms with Gasteiger partial charge in [-0.2, -0.15) is 0 Å². The molecule has 1 aliphatic rings. The predicted octanol–water partition coefficient (Wildman–Crippen LogP) is 3.22. The van der Waals surface area contributed by atoms with Crippen LogP contribution in [0.3, 0.4) is 0 Å². The lowest BCUT2D eigenvalue weighted by Gasteiger charge is -2.28. The number of nitrogens with zero attached hydrogens (tertiary/aromatic N) is 1. The number of benzene rings is 2. The smallest absolute Gasteiger partial charge is 0.163 e. The Morgan fingerprint density at radius 3 is 2.17 bits per heavy atom. The Labute approximate surface area is 138 Å². The van der Waals surface area contributed by atoms with E-state index in [1.165, 1.54) is 18.4 Å². The Hall–Kier alpha value is -2.08. The number of β-amino-alcohol motifs (C(OH)–C–C–N with tert-alkyl or cyclic N) is 1. The molecule has 1 saturated heterocycles. The van der Waals surface area contributed by atoms with Crippen molar-refractivity contribution in [2.24, 2.45) is 0 Å². The highest BCUT2D eigenvalue weighted by atomic mass is 16.3. The Kier molecular flexibility index (Phi) is 5.12. The minimum absolute atomic E-state index is 0.582. The normalized spacial score (nSPS) is 17.3. The van der Waals surface area contributed by atoms with Crippen LogP contribution in [0.15, 0.2) is 60.7 Å². The molecule has 23 heavy (non-hydrogen) atoms. The van der Waals surface area contributed by atoms with Gasteiger partial charge in [-0.15, -0.1) is 0 Å². The van der Waals surface area contributed by atoms with Gasteiger partial charge in [-0.1, -0.05) is 72.5 Å². The highest BCUT2D eigenvalue weighted by Gasteiger charge is 2.30. The van der Waals surface area contributed by atoms with Gasteiger partial charge in [-0.25, -0.2) is 0 Å². The molecular weight excluding hydrogens is 282 g/mol. The van der Waals surface area contributed by atoms with E-state index < -0.39 is 5.60 Å². The standard InChI is InChI=1S/C21H23NO/c23-21(18-22-16-7-8-17-22,20-13-5-2-6-14-20)15-9-12-19-10-3-1-4-11-19/h1-6,10-11,13-14,23H,7-8,12,16-18H2. The molecule has 0 saturated carbocycles. The van der Waals surface area contributed by atoms with Gasteiger partial charge in [0.25, 0.3) is 0 Å². The van der Waals surface area contributed by atoms with Gasteiger partial charge in [0.1, 0.15) is 0 Å². The van der Waals surface area contributed by atoms with Gasteiger partial charge in [0.05, 0.1) is 0 Å². The summed E-state index contributed by atoms with van der Waals surface area (Å²) in [4.78, 5) is 2.31. The SMILES string of the molecule is OC(C#CCc1ccccc1)(CN1CCCC1)c1ccccc1.